The standard InChI is InChI=1S/C16H32N2O/c1-16(2)7-6-15(17)14(9-16)11-18-8-4-5-13(10-18)12-19-3/h13-15H,4-12,17H2,1-3H3. The van der Waals surface area contributed by atoms with Crippen molar-refractivity contribution >= 4 is 0 Å². The minimum Gasteiger partial charge on any atom is -0.384 e. The largest absolute Gasteiger partial charge is 0.384 e. The van der Waals surface area contributed by atoms with Crippen LogP contribution in [0.3, 0.4) is 0 Å². The summed E-state index contributed by atoms with van der Waals surface area (Å²) in [6, 6.07) is 0.413. The van der Waals surface area contributed by atoms with E-state index in [-0.39, 0.29) is 0 Å². The van der Waals surface area contributed by atoms with Gasteiger partial charge in [0.25, 0.3) is 0 Å². The molecule has 0 spiro atoms. The van der Waals surface area contributed by atoms with E-state index in [9.17, 15) is 0 Å². The zero-order chi connectivity index (χ0) is 13.9. The van der Waals surface area contributed by atoms with Crippen LogP contribution in [-0.2, 0) is 4.74 Å². The lowest BCUT2D eigenvalue weighted by Gasteiger charge is -2.43. The van der Waals surface area contributed by atoms with Crippen molar-refractivity contribution < 1.29 is 4.74 Å². The molecule has 0 amide bonds. The van der Waals surface area contributed by atoms with Gasteiger partial charge < -0.3 is 15.4 Å². The summed E-state index contributed by atoms with van der Waals surface area (Å²) in [7, 11) is 1.82. The quantitative estimate of drug-likeness (QED) is 0.851. The number of hydrogen-bond acceptors (Lipinski definition) is 3. The van der Waals surface area contributed by atoms with Crippen molar-refractivity contribution in [1.82, 2.24) is 4.90 Å². The molecule has 1 saturated carbocycles. The molecule has 3 nitrogen and oxygen atoms in total. The van der Waals surface area contributed by atoms with E-state index in [1.807, 2.05) is 7.11 Å². The topological polar surface area (TPSA) is 38.5 Å². The molecular weight excluding hydrogens is 236 g/mol. The van der Waals surface area contributed by atoms with E-state index in [0.717, 1.165) is 12.5 Å². The first kappa shape index (κ1) is 15.3. The Labute approximate surface area is 118 Å². The molecule has 19 heavy (non-hydrogen) atoms. The Morgan fingerprint density at radius 1 is 1.32 bits per heavy atom. The van der Waals surface area contributed by atoms with Crippen LogP contribution in [-0.4, -0.2) is 44.3 Å². The number of hydrogen-bond donors (Lipinski definition) is 1. The van der Waals surface area contributed by atoms with Gasteiger partial charge in [0.2, 0.25) is 0 Å². The summed E-state index contributed by atoms with van der Waals surface area (Å²) in [5, 5.41) is 0. The lowest BCUT2D eigenvalue weighted by Crippen LogP contribution is -2.47. The van der Waals surface area contributed by atoms with Gasteiger partial charge >= 0.3 is 0 Å². The molecule has 1 saturated heterocycles. The number of rotatable bonds is 4. The van der Waals surface area contributed by atoms with E-state index in [1.54, 1.807) is 0 Å². The number of ether oxygens (including phenoxy) is 1. The van der Waals surface area contributed by atoms with Gasteiger partial charge in [-0.05, 0) is 55.9 Å². The van der Waals surface area contributed by atoms with Gasteiger partial charge in [0, 0.05) is 26.2 Å². The minimum absolute atomic E-state index is 0.413. The van der Waals surface area contributed by atoms with Crippen molar-refractivity contribution in [3.05, 3.63) is 0 Å². The highest BCUT2D eigenvalue weighted by atomic mass is 16.5. The molecular formula is C16H32N2O. The normalized spacial score (nSPS) is 36.3. The van der Waals surface area contributed by atoms with Crippen LogP contribution < -0.4 is 5.73 Å². The summed E-state index contributed by atoms with van der Waals surface area (Å²) in [5.41, 5.74) is 6.85. The fraction of sp³-hybridized carbons (Fsp3) is 1.00. The molecule has 3 heteroatoms. The lowest BCUT2D eigenvalue weighted by atomic mass is 9.70. The fourth-order valence-corrected chi connectivity index (χ4v) is 3.98. The Morgan fingerprint density at radius 3 is 2.84 bits per heavy atom. The van der Waals surface area contributed by atoms with Crippen LogP contribution in [0, 0.1) is 17.3 Å². The number of nitrogens with two attached hydrogens (primary N) is 1. The Bertz CT molecular complexity index is 278. The first-order valence-electron chi connectivity index (χ1n) is 7.97. The molecule has 0 aromatic heterocycles. The van der Waals surface area contributed by atoms with Crippen molar-refractivity contribution in [2.75, 3.05) is 33.4 Å². The Kier molecular flexibility index (Phi) is 5.27. The van der Waals surface area contributed by atoms with Gasteiger partial charge in [-0.3, -0.25) is 0 Å². The van der Waals surface area contributed by atoms with E-state index in [0.29, 0.717) is 17.4 Å². The van der Waals surface area contributed by atoms with Crippen LogP contribution in [0.4, 0.5) is 0 Å². The Morgan fingerprint density at radius 2 is 2.11 bits per heavy atom. The molecule has 1 heterocycles. The van der Waals surface area contributed by atoms with Crippen LogP contribution in [0.2, 0.25) is 0 Å². The molecule has 112 valence electrons. The molecule has 0 aromatic carbocycles. The molecule has 0 radical (unpaired) electrons. The second kappa shape index (κ2) is 6.55. The molecule has 2 aliphatic rings. The Hall–Kier alpha value is -0.120. The van der Waals surface area contributed by atoms with Crippen molar-refractivity contribution in [3.63, 3.8) is 0 Å². The molecule has 0 bridgehead atoms. The van der Waals surface area contributed by atoms with Gasteiger partial charge in [-0.25, -0.2) is 0 Å². The van der Waals surface area contributed by atoms with Crippen molar-refractivity contribution in [2.24, 2.45) is 23.0 Å². The van der Waals surface area contributed by atoms with Gasteiger partial charge in [-0.15, -0.1) is 0 Å². The third-order valence-corrected chi connectivity index (χ3v) is 5.07. The highest BCUT2D eigenvalue weighted by Gasteiger charge is 2.34. The average Bonchev–Trinajstić information content (AvgIpc) is 2.35. The van der Waals surface area contributed by atoms with Gasteiger partial charge in [0.05, 0.1) is 6.61 Å². The second-order valence-electron chi connectivity index (χ2n) is 7.55. The average molecular weight is 268 g/mol. The zero-order valence-electron chi connectivity index (χ0n) is 13.0. The molecule has 2 fully saturated rings. The van der Waals surface area contributed by atoms with E-state index < -0.39 is 0 Å². The van der Waals surface area contributed by atoms with Gasteiger partial charge in [-0.1, -0.05) is 13.8 Å². The molecule has 1 aliphatic heterocycles. The monoisotopic (exact) mass is 268 g/mol. The molecule has 2 rings (SSSR count). The Balaban J connectivity index is 1.85. The van der Waals surface area contributed by atoms with E-state index >= 15 is 0 Å². The highest BCUT2D eigenvalue weighted by molar-refractivity contribution is 4.89. The molecule has 1 aliphatic carbocycles. The summed E-state index contributed by atoms with van der Waals surface area (Å²) in [6.45, 7) is 9.37. The summed E-state index contributed by atoms with van der Waals surface area (Å²) in [6.07, 6.45) is 6.43. The van der Waals surface area contributed by atoms with Crippen molar-refractivity contribution in [2.45, 2.75) is 52.0 Å². The van der Waals surface area contributed by atoms with Gasteiger partial charge in [0.15, 0.2) is 0 Å². The first-order chi connectivity index (χ1) is 9.00. The summed E-state index contributed by atoms with van der Waals surface area (Å²) in [5.74, 6) is 1.41. The highest BCUT2D eigenvalue weighted by Crippen LogP contribution is 2.38. The van der Waals surface area contributed by atoms with Crippen molar-refractivity contribution in [1.29, 1.82) is 0 Å². The lowest BCUT2D eigenvalue weighted by molar-refractivity contribution is 0.0616. The third-order valence-electron chi connectivity index (χ3n) is 5.07. The minimum atomic E-state index is 0.413. The van der Waals surface area contributed by atoms with E-state index in [2.05, 4.69) is 18.7 Å². The SMILES string of the molecule is COCC1CCCN(CC2CC(C)(C)CCC2N)C1. The predicted molar refractivity (Wildman–Crippen MR) is 80.1 cm³/mol. The third kappa shape index (κ3) is 4.44. The maximum Gasteiger partial charge on any atom is 0.0502 e. The molecule has 2 N–H and O–H groups in total. The smallest absolute Gasteiger partial charge is 0.0502 e. The van der Waals surface area contributed by atoms with Crippen LogP contribution in [0.25, 0.3) is 0 Å². The number of nitrogens with zero attached hydrogens (tertiary/aromatic N) is 1. The number of piperidine rings is 1. The number of likely N-dealkylation sites (tertiary alicyclic amines) is 1. The van der Waals surface area contributed by atoms with Crippen LogP contribution in [0.1, 0.15) is 46.0 Å². The summed E-state index contributed by atoms with van der Waals surface area (Å²) >= 11 is 0. The van der Waals surface area contributed by atoms with E-state index in [4.69, 9.17) is 10.5 Å². The van der Waals surface area contributed by atoms with Crippen molar-refractivity contribution in [3.8, 4) is 0 Å². The van der Waals surface area contributed by atoms with E-state index in [1.165, 1.54) is 51.7 Å². The first-order valence-corrected chi connectivity index (χ1v) is 7.97. The maximum atomic E-state index is 6.36. The van der Waals surface area contributed by atoms with Gasteiger partial charge in [0.1, 0.15) is 0 Å². The zero-order valence-corrected chi connectivity index (χ0v) is 13.0. The van der Waals surface area contributed by atoms with Crippen LogP contribution in [0.15, 0.2) is 0 Å². The number of methoxy groups -OCH3 is 1. The molecule has 0 aromatic rings. The summed E-state index contributed by atoms with van der Waals surface area (Å²) in [4.78, 5) is 2.64. The molecule has 3 atom stereocenters. The van der Waals surface area contributed by atoms with Crippen LogP contribution >= 0.6 is 0 Å². The van der Waals surface area contributed by atoms with Crippen LogP contribution in [0.5, 0.6) is 0 Å². The maximum absolute atomic E-state index is 6.36. The summed E-state index contributed by atoms with van der Waals surface area (Å²) < 4.78 is 5.32. The molecule has 3 unspecified atom stereocenters. The fourth-order valence-electron chi connectivity index (χ4n) is 3.98. The predicted octanol–water partition coefficient (Wildman–Crippen LogP) is 2.50. The second-order valence-corrected chi connectivity index (χ2v) is 7.55. The van der Waals surface area contributed by atoms with Gasteiger partial charge in [-0.2, -0.15) is 0 Å².